The van der Waals surface area contributed by atoms with E-state index >= 15 is 0 Å². The van der Waals surface area contributed by atoms with Crippen molar-refractivity contribution in [2.24, 2.45) is 5.92 Å². The van der Waals surface area contributed by atoms with Crippen molar-refractivity contribution in [2.75, 3.05) is 25.5 Å². The lowest BCUT2D eigenvalue weighted by atomic mass is 10.1. The predicted molar refractivity (Wildman–Crippen MR) is 81.1 cm³/mol. The Labute approximate surface area is 121 Å². The number of ether oxygens (including phenoxy) is 1. The van der Waals surface area contributed by atoms with Gasteiger partial charge in [0.25, 0.3) is 0 Å². The quantitative estimate of drug-likeness (QED) is 0.567. The number of hydrogen-bond acceptors (Lipinski definition) is 4. The van der Waals surface area contributed by atoms with Gasteiger partial charge in [0.2, 0.25) is 10.0 Å². The summed E-state index contributed by atoms with van der Waals surface area (Å²) >= 11 is 0. The summed E-state index contributed by atoms with van der Waals surface area (Å²) in [7, 11) is -3.49. The molecule has 1 aromatic rings. The Morgan fingerprint density at radius 2 is 2.00 bits per heavy atom. The van der Waals surface area contributed by atoms with Gasteiger partial charge < -0.3 is 10.5 Å². The molecule has 0 atom stereocenters. The van der Waals surface area contributed by atoms with Crippen LogP contribution in [0.4, 0.5) is 5.69 Å². The van der Waals surface area contributed by atoms with Crippen LogP contribution in [-0.2, 0) is 14.8 Å². The Morgan fingerprint density at radius 3 is 2.60 bits per heavy atom. The topological polar surface area (TPSA) is 81.4 Å². The third-order valence-electron chi connectivity index (χ3n) is 2.93. The summed E-state index contributed by atoms with van der Waals surface area (Å²) in [6, 6.07) is 4.67. The molecule has 0 unspecified atom stereocenters. The third kappa shape index (κ3) is 5.48. The summed E-state index contributed by atoms with van der Waals surface area (Å²) in [4.78, 5) is 0.228. The molecule has 0 amide bonds. The largest absolute Gasteiger partial charge is 0.399 e. The predicted octanol–water partition coefficient (Wildman–Crippen LogP) is 1.92. The summed E-state index contributed by atoms with van der Waals surface area (Å²) in [5.41, 5.74) is 7.01. The van der Waals surface area contributed by atoms with Crippen molar-refractivity contribution in [3.63, 3.8) is 0 Å². The number of benzene rings is 1. The van der Waals surface area contributed by atoms with Crippen molar-refractivity contribution in [3.8, 4) is 0 Å². The molecule has 0 aliphatic rings. The van der Waals surface area contributed by atoms with Gasteiger partial charge in [-0.05, 0) is 43.0 Å². The Bertz CT molecular complexity index is 527. The minimum absolute atomic E-state index is 0.228. The molecule has 3 N–H and O–H groups in total. The maximum Gasteiger partial charge on any atom is 0.240 e. The van der Waals surface area contributed by atoms with Gasteiger partial charge in [0, 0.05) is 18.8 Å². The highest BCUT2D eigenvalue weighted by atomic mass is 32.2. The molecular formula is C14H24N2O3S. The lowest BCUT2D eigenvalue weighted by Gasteiger charge is -2.09. The fraction of sp³-hybridized carbons (Fsp3) is 0.571. The van der Waals surface area contributed by atoms with E-state index in [1.54, 1.807) is 19.1 Å². The number of nitrogens with one attached hydrogen (secondary N) is 1. The van der Waals surface area contributed by atoms with Gasteiger partial charge in [0.1, 0.15) is 0 Å². The molecule has 0 aliphatic carbocycles. The van der Waals surface area contributed by atoms with E-state index in [1.165, 1.54) is 6.07 Å². The van der Waals surface area contributed by atoms with Gasteiger partial charge in [-0.15, -0.1) is 0 Å². The third-order valence-corrected chi connectivity index (χ3v) is 4.39. The number of nitrogens with two attached hydrogens (primary N) is 1. The first-order chi connectivity index (χ1) is 9.33. The Kier molecular flexibility index (Phi) is 6.45. The van der Waals surface area contributed by atoms with Gasteiger partial charge in [0.15, 0.2) is 0 Å². The van der Waals surface area contributed by atoms with E-state index in [1.807, 2.05) is 0 Å². The molecule has 0 saturated heterocycles. The van der Waals surface area contributed by atoms with E-state index < -0.39 is 10.0 Å². The van der Waals surface area contributed by atoms with E-state index in [-0.39, 0.29) is 11.4 Å². The van der Waals surface area contributed by atoms with Crippen LogP contribution in [0.2, 0.25) is 0 Å². The van der Waals surface area contributed by atoms with Gasteiger partial charge in [-0.3, -0.25) is 0 Å². The molecule has 0 radical (unpaired) electrons. The monoisotopic (exact) mass is 300 g/mol. The van der Waals surface area contributed by atoms with E-state index in [2.05, 4.69) is 18.6 Å². The minimum Gasteiger partial charge on any atom is -0.399 e. The number of rotatable bonds is 8. The minimum atomic E-state index is -3.49. The first-order valence-electron chi connectivity index (χ1n) is 6.76. The summed E-state index contributed by atoms with van der Waals surface area (Å²) in [6.45, 7) is 7.32. The van der Waals surface area contributed by atoms with E-state index in [0.717, 1.165) is 12.0 Å². The molecule has 0 fully saturated rings. The molecule has 0 aromatic heterocycles. The van der Waals surface area contributed by atoms with E-state index in [4.69, 9.17) is 10.5 Å². The van der Waals surface area contributed by atoms with Crippen LogP contribution in [0.15, 0.2) is 23.1 Å². The van der Waals surface area contributed by atoms with Gasteiger partial charge in [-0.25, -0.2) is 13.1 Å². The zero-order chi connectivity index (χ0) is 15.2. The molecule has 0 saturated carbocycles. The summed E-state index contributed by atoms with van der Waals surface area (Å²) in [6.07, 6.45) is 0.976. The summed E-state index contributed by atoms with van der Waals surface area (Å²) in [5, 5.41) is 0. The Balaban J connectivity index is 2.43. The lowest BCUT2D eigenvalue weighted by Crippen LogP contribution is -2.27. The second-order valence-electron chi connectivity index (χ2n) is 5.21. The molecule has 20 heavy (non-hydrogen) atoms. The number of hydrogen-bond donors (Lipinski definition) is 2. The maximum atomic E-state index is 12.0. The molecular weight excluding hydrogens is 276 g/mol. The van der Waals surface area contributed by atoms with Crippen molar-refractivity contribution in [3.05, 3.63) is 23.8 Å². The normalized spacial score (nSPS) is 12.0. The van der Waals surface area contributed by atoms with Gasteiger partial charge in [-0.1, -0.05) is 13.8 Å². The van der Waals surface area contributed by atoms with Crippen molar-refractivity contribution in [1.82, 2.24) is 4.72 Å². The van der Waals surface area contributed by atoms with E-state index in [9.17, 15) is 8.42 Å². The molecule has 5 nitrogen and oxygen atoms in total. The molecule has 0 bridgehead atoms. The van der Waals surface area contributed by atoms with Gasteiger partial charge in [0.05, 0.1) is 11.5 Å². The highest BCUT2D eigenvalue weighted by molar-refractivity contribution is 7.89. The fourth-order valence-corrected chi connectivity index (χ4v) is 2.67. The Hall–Kier alpha value is -1.11. The van der Waals surface area contributed by atoms with Crippen LogP contribution in [-0.4, -0.2) is 28.2 Å². The zero-order valence-corrected chi connectivity index (χ0v) is 13.2. The SMILES string of the molecule is Cc1cc(S(=O)(=O)NCCOCCC(C)C)ccc1N. The fourth-order valence-electron chi connectivity index (χ4n) is 1.57. The average Bonchev–Trinajstić information content (AvgIpc) is 2.36. The van der Waals surface area contributed by atoms with E-state index in [0.29, 0.717) is 24.8 Å². The molecule has 1 rings (SSSR count). The average molecular weight is 300 g/mol. The van der Waals surface area contributed by atoms with Crippen LogP contribution in [0.25, 0.3) is 0 Å². The number of aryl methyl sites for hydroxylation is 1. The van der Waals surface area contributed by atoms with Crippen molar-refractivity contribution < 1.29 is 13.2 Å². The van der Waals surface area contributed by atoms with Crippen molar-refractivity contribution in [2.45, 2.75) is 32.1 Å². The highest BCUT2D eigenvalue weighted by Crippen LogP contribution is 2.16. The molecule has 6 heteroatoms. The molecule has 0 spiro atoms. The smallest absolute Gasteiger partial charge is 0.240 e. The number of nitrogen functional groups attached to an aromatic ring is 1. The standard InChI is InChI=1S/C14H24N2O3S/c1-11(2)6-8-19-9-7-16-20(17,18)13-4-5-14(15)12(3)10-13/h4-5,10-11,16H,6-9,15H2,1-3H3. The molecule has 1 aromatic carbocycles. The van der Waals surface area contributed by atoms with Gasteiger partial charge >= 0.3 is 0 Å². The second-order valence-corrected chi connectivity index (χ2v) is 6.98. The number of sulfonamides is 1. The highest BCUT2D eigenvalue weighted by Gasteiger charge is 2.13. The summed E-state index contributed by atoms with van der Waals surface area (Å²) in [5.74, 6) is 0.587. The zero-order valence-electron chi connectivity index (χ0n) is 12.3. The molecule has 114 valence electrons. The number of anilines is 1. The lowest BCUT2D eigenvalue weighted by molar-refractivity contribution is 0.128. The van der Waals surface area contributed by atoms with Crippen molar-refractivity contribution >= 4 is 15.7 Å². The second kappa shape index (κ2) is 7.61. The van der Waals surface area contributed by atoms with Crippen LogP contribution in [0.5, 0.6) is 0 Å². The first kappa shape index (κ1) is 16.9. The maximum absolute atomic E-state index is 12.0. The van der Waals surface area contributed by atoms with Crippen LogP contribution in [0.1, 0.15) is 25.8 Å². The van der Waals surface area contributed by atoms with Crippen molar-refractivity contribution in [1.29, 1.82) is 0 Å². The Morgan fingerprint density at radius 1 is 1.30 bits per heavy atom. The summed E-state index contributed by atoms with van der Waals surface area (Å²) < 4.78 is 31.9. The van der Waals surface area contributed by atoms with Gasteiger partial charge in [-0.2, -0.15) is 0 Å². The van der Waals surface area contributed by atoms with Crippen LogP contribution >= 0.6 is 0 Å². The molecule has 0 heterocycles. The molecule has 0 aliphatic heterocycles. The first-order valence-corrected chi connectivity index (χ1v) is 8.25. The van der Waals surface area contributed by atoms with Crippen LogP contribution in [0.3, 0.4) is 0 Å². The van der Waals surface area contributed by atoms with Crippen LogP contribution in [0, 0.1) is 12.8 Å². The van der Waals surface area contributed by atoms with Crippen LogP contribution < -0.4 is 10.5 Å².